The Bertz CT molecular complexity index is 767. The first-order valence-corrected chi connectivity index (χ1v) is 9.86. The van der Waals surface area contributed by atoms with Crippen LogP contribution in [0, 0.1) is 0 Å². The second-order valence-corrected chi connectivity index (χ2v) is 7.57. The number of allylic oxidation sites excluding steroid dienone is 1. The smallest absolute Gasteiger partial charge is 0.246 e. The lowest BCUT2D eigenvalue weighted by Crippen LogP contribution is -2.28. The first-order valence-electron chi connectivity index (χ1n) is 8.98. The zero-order valence-electron chi connectivity index (χ0n) is 15.9. The molecule has 2 aromatic carbocycles. The van der Waals surface area contributed by atoms with Crippen molar-refractivity contribution in [2.45, 2.75) is 37.8 Å². The molecule has 1 N–H and O–H groups in total. The topological polar surface area (TPSA) is 40.5 Å². The van der Waals surface area contributed by atoms with Gasteiger partial charge in [-0.3, -0.25) is 4.79 Å². The van der Waals surface area contributed by atoms with Crippen molar-refractivity contribution in [1.29, 1.82) is 0 Å². The number of amides is 1. The number of carbonyl (C=O) groups is 1. The number of rotatable bonds is 7. The van der Waals surface area contributed by atoms with Gasteiger partial charge in [-0.15, -0.1) is 11.8 Å². The number of aromatic hydroxyl groups is 1. The van der Waals surface area contributed by atoms with Crippen molar-refractivity contribution in [2.24, 2.45) is 0 Å². The number of hydrogen-bond donors (Lipinski definition) is 1. The monoisotopic (exact) mass is 369 g/mol. The normalized spacial score (nSPS) is 12.7. The molecule has 138 valence electrons. The quantitative estimate of drug-likeness (QED) is 0.516. The van der Waals surface area contributed by atoms with E-state index < -0.39 is 0 Å². The standard InChI is InChI=1S/C22H27NO2S/c1-5-23(6-2)22(25)14-16(3)19-12-13-21(20(24)15-19)26-17(4)18-10-8-7-9-11-18/h7-15,17,24H,5-6H2,1-4H3/b16-14+. The highest BCUT2D eigenvalue weighted by molar-refractivity contribution is 7.99. The van der Waals surface area contributed by atoms with Gasteiger partial charge < -0.3 is 10.0 Å². The summed E-state index contributed by atoms with van der Waals surface area (Å²) in [6.45, 7) is 9.35. The molecule has 0 radical (unpaired) electrons. The van der Waals surface area contributed by atoms with Crippen LogP contribution in [-0.4, -0.2) is 29.0 Å². The third-order valence-electron chi connectivity index (χ3n) is 4.40. The molecule has 0 bridgehead atoms. The maximum Gasteiger partial charge on any atom is 0.246 e. The van der Waals surface area contributed by atoms with Crippen LogP contribution in [0.2, 0.25) is 0 Å². The second-order valence-electron chi connectivity index (χ2n) is 6.19. The summed E-state index contributed by atoms with van der Waals surface area (Å²) in [6.07, 6.45) is 1.64. The number of likely N-dealkylation sites (N-methyl/N-ethyl adjacent to an activating group) is 1. The van der Waals surface area contributed by atoms with Crippen molar-refractivity contribution in [3.05, 3.63) is 65.7 Å². The molecule has 0 saturated heterocycles. The summed E-state index contributed by atoms with van der Waals surface area (Å²) in [5.41, 5.74) is 2.94. The van der Waals surface area contributed by atoms with Gasteiger partial charge in [0.25, 0.3) is 0 Å². The number of nitrogens with zero attached hydrogens (tertiary/aromatic N) is 1. The van der Waals surface area contributed by atoms with Crippen LogP contribution >= 0.6 is 11.8 Å². The minimum atomic E-state index is 0.00291. The van der Waals surface area contributed by atoms with Crippen LogP contribution < -0.4 is 0 Å². The molecule has 0 aromatic heterocycles. The van der Waals surface area contributed by atoms with Gasteiger partial charge in [0.1, 0.15) is 5.75 Å². The molecule has 2 aromatic rings. The summed E-state index contributed by atoms with van der Waals surface area (Å²) in [6, 6.07) is 15.9. The molecule has 1 amide bonds. The third kappa shape index (κ3) is 5.15. The molecule has 0 aliphatic rings. The Morgan fingerprint density at radius 1 is 1.15 bits per heavy atom. The van der Waals surface area contributed by atoms with Crippen molar-refractivity contribution >= 4 is 23.2 Å². The van der Waals surface area contributed by atoms with Gasteiger partial charge in [0.05, 0.1) is 0 Å². The van der Waals surface area contributed by atoms with Crippen molar-refractivity contribution in [1.82, 2.24) is 4.90 Å². The summed E-state index contributed by atoms with van der Waals surface area (Å²) >= 11 is 1.63. The average molecular weight is 370 g/mol. The van der Waals surface area contributed by atoms with E-state index >= 15 is 0 Å². The van der Waals surface area contributed by atoms with Gasteiger partial charge >= 0.3 is 0 Å². The Labute approximate surface area is 160 Å². The van der Waals surface area contributed by atoms with Crippen LogP contribution in [0.15, 0.2) is 59.5 Å². The molecule has 0 aliphatic carbocycles. The Morgan fingerprint density at radius 2 is 1.81 bits per heavy atom. The van der Waals surface area contributed by atoms with Crippen molar-refractivity contribution in [3.63, 3.8) is 0 Å². The predicted octanol–water partition coefficient (Wildman–Crippen LogP) is 5.52. The number of benzene rings is 2. The number of phenols is 1. The molecule has 0 fully saturated rings. The van der Waals surface area contributed by atoms with Crippen molar-refractivity contribution in [2.75, 3.05) is 13.1 Å². The molecule has 4 heteroatoms. The van der Waals surface area contributed by atoms with Gasteiger partial charge in [-0.1, -0.05) is 36.4 Å². The van der Waals surface area contributed by atoms with E-state index in [0.717, 1.165) is 16.0 Å². The van der Waals surface area contributed by atoms with Crippen molar-refractivity contribution in [3.8, 4) is 5.75 Å². The molecular formula is C22H27NO2S. The number of hydrogen-bond acceptors (Lipinski definition) is 3. The van der Waals surface area contributed by atoms with Gasteiger partial charge in [-0.05, 0) is 56.5 Å². The van der Waals surface area contributed by atoms with Crippen LogP contribution in [0.5, 0.6) is 5.75 Å². The minimum absolute atomic E-state index is 0.00291. The molecule has 0 aliphatic heterocycles. The lowest BCUT2D eigenvalue weighted by molar-refractivity contribution is -0.125. The molecule has 26 heavy (non-hydrogen) atoms. The summed E-state index contributed by atoms with van der Waals surface area (Å²) in [5, 5.41) is 10.7. The molecule has 3 nitrogen and oxygen atoms in total. The fourth-order valence-corrected chi connectivity index (χ4v) is 3.74. The van der Waals surface area contributed by atoms with Gasteiger partial charge in [0.2, 0.25) is 5.91 Å². The fraction of sp³-hybridized carbons (Fsp3) is 0.318. The molecule has 2 rings (SSSR count). The van der Waals surface area contributed by atoms with Crippen LogP contribution in [0.25, 0.3) is 5.57 Å². The van der Waals surface area contributed by atoms with E-state index in [4.69, 9.17) is 0 Å². The Kier molecular flexibility index (Phi) is 7.34. The summed E-state index contributed by atoms with van der Waals surface area (Å²) < 4.78 is 0. The van der Waals surface area contributed by atoms with Gasteiger partial charge in [0, 0.05) is 29.3 Å². The zero-order valence-corrected chi connectivity index (χ0v) is 16.7. The van der Waals surface area contributed by atoms with Gasteiger partial charge in [-0.25, -0.2) is 0 Å². The fourth-order valence-electron chi connectivity index (χ4n) is 2.74. The van der Waals surface area contributed by atoms with E-state index in [1.807, 2.05) is 51.1 Å². The lowest BCUT2D eigenvalue weighted by Gasteiger charge is -2.17. The highest BCUT2D eigenvalue weighted by Gasteiger charge is 2.12. The molecule has 0 heterocycles. The molecule has 1 unspecified atom stereocenters. The van der Waals surface area contributed by atoms with Gasteiger partial charge in [0.15, 0.2) is 0 Å². The maximum atomic E-state index is 12.2. The van der Waals surface area contributed by atoms with E-state index in [2.05, 4.69) is 19.1 Å². The predicted molar refractivity (Wildman–Crippen MR) is 110 cm³/mol. The van der Waals surface area contributed by atoms with E-state index in [-0.39, 0.29) is 16.9 Å². The number of thioether (sulfide) groups is 1. The number of carbonyl (C=O) groups excluding carboxylic acids is 1. The summed E-state index contributed by atoms with van der Waals surface area (Å²) in [5.74, 6) is 0.251. The van der Waals surface area contributed by atoms with E-state index in [0.29, 0.717) is 13.1 Å². The van der Waals surface area contributed by atoms with Crippen LogP contribution in [-0.2, 0) is 4.79 Å². The van der Waals surface area contributed by atoms with Crippen LogP contribution in [0.1, 0.15) is 44.1 Å². The first-order chi connectivity index (χ1) is 12.5. The molecule has 0 saturated carbocycles. The van der Waals surface area contributed by atoms with E-state index in [1.165, 1.54) is 5.56 Å². The third-order valence-corrected chi connectivity index (χ3v) is 5.63. The lowest BCUT2D eigenvalue weighted by atomic mass is 10.1. The zero-order chi connectivity index (χ0) is 19.1. The second kappa shape index (κ2) is 9.48. The number of phenolic OH excluding ortho intramolecular Hbond substituents is 1. The van der Waals surface area contributed by atoms with E-state index in [1.54, 1.807) is 28.8 Å². The van der Waals surface area contributed by atoms with Crippen LogP contribution in [0.4, 0.5) is 0 Å². The SMILES string of the molecule is CCN(CC)C(=O)/C=C(\C)c1ccc(SC(C)c2ccccc2)c(O)c1. The maximum absolute atomic E-state index is 12.2. The Balaban J connectivity index is 2.15. The summed E-state index contributed by atoms with van der Waals surface area (Å²) in [4.78, 5) is 14.8. The summed E-state index contributed by atoms with van der Waals surface area (Å²) in [7, 11) is 0. The highest BCUT2D eigenvalue weighted by atomic mass is 32.2. The van der Waals surface area contributed by atoms with E-state index in [9.17, 15) is 9.90 Å². The molecular weight excluding hydrogens is 342 g/mol. The highest BCUT2D eigenvalue weighted by Crippen LogP contribution is 2.40. The first kappa shape index (κ1) is 20.1. The van der Waals surface area contributed by atoms with Gasteiger partial charge in [-0.2, -0.15) is 0 Å². The Morgan fingerprint density at radius 3 is 2.38 bits per heavy atom. The van der Waals surface area contributed by atoms with Crippen molar-refractivity contribution < 1.29 is 9.90 Å². The average Bonchev–Trinajstić information content (AvgIpc) is 2.65. The molecule has 0 spiro atoms. The largest absolute Gasteiger partial charge is 0.507 e. The van der Waals surface area contributed by atoms with Crippen LogP contribution in [0.3, 0.4) is 0 Å². The molecule has 1 atom stereocenters. The Hall–Kier alpha value is -2.20. The minimum Gasteiger partial charge on any atom is -0.507 e.